The minimum atomic E-state index is 0.784. The summed E-state index contributed by atoms with van der Waals surface area (Å²) >= 11 is 0. The van der Waals surface area contributed by atoms with E-state index in [9.17, 15) is 0 Å². The maximum absolute atomic E-state index is 4.39. The summed E-state index contributed by atoms with van der Waals surface area (Å²) < 4.78 is 0. The fourth-order valence-electron chi connectivity index (χ4n) is 2.23. The van der Waals surface area contributed by atoms with E-state index in [1.807, 2.05) is 31.3 Å². The molecule has 0 bridgehead atoms. The second-order valence-electron chi connectivity index (χ2n) is 4.84. The van der Waals surface area contributed by atoms with E-state index in [4.69, 9.17) is 0 Å². The van der Waals surface area contributed by atoms with Crippen molar-refractivity contribution in [3.05, 3.63) is 18.3 Å². The van der Waals surface area contributed by atoms with Crippen molar-refractivity contribution in [2.24, 2.45) is 5.92 Å². The Balaban J connectivity index is 1.93. The van der Waals surface area contributed by atoms with Crippen molar-refractivity contribution in [3.63, 3.8) is 0 Å². The molecule has 0 radical (unpaired) electrons. The zero-order chi connectivity index (χ0) is 12.1. The van der Waals surface area contributed by atoms with Gasteiger partial charge in [0.05, 0.1) is 5.69 Å². The highest BCUT2D eigenvalue weighted by Crippen LogP contribution is 2.21. The molecule has 94 valence electrons. The van der Waals surface area contributed by atoms with Gasteiger partial charge < -0.3 is 15.5 Å². The molecule has 0 atom stereocenters. The van der Waals surface area contributed by atoms with Crippen LogP contribution in [0.2, 0.25) is 0 Å². The quantitative estimate of drug-likeness (QED) is 0.829. The van der Waals surface area contributed by atoms with Gasteiger partial charge in [-0.05, 0) is 44.0 Å². The van der Waals surface area contributed by atoms with E-state index in [0.717, 1.165) is 37.1 Å². The molecule has 0 aliphatic carbocycles. The minimum absolute atomic E-state index is 0.784. The Hall–Kier alpha value is -1.29. The molecule has 4 heteroatoms. The lowest BCUT2D eigenvalue weighted by Gasteiger charge is -2.24. The number of hydrogen-bond donors (Lipinski definition) is 2. The summed E-state index contributed by atoms with van der Waals surface area (Å²) in [5, 5.41) is 6.93. The maximum atomic E-state index is 4.39. The smallest absolute Gasteiger partial charge is 0.151 e. The van der Waals surface area contributed by atoms with E-state index >= 15 is 0 Å². The van der Waals surface area contributed by atoms with Crippen LogP contribution in [0.3, 0.4) is 0 Å². The molecule has 2 rings (SSSR count). The second kappa shape index (κ2) is 5.87. The molecular formula is C13H22N4. The predicted octanol–water partition coefficient (Wildman–Crippen LogP) is 1.56. The SMILES string of the molecule is CN(C)c1ncccc1NCC1CCNCC1. The molecule has 1 aliphatic heterocycles. The zero-order valence-corrected chi connectivity index (χ0v) is 10.7. The van der Waals surface area contributed by atoms with Crippen LogP contribution in [-0.2, 0) is 0 Å². The van der Waals surface area contributed by atoms with Crippen LogP contribution in [-0.4, -0.2) is 38.7 Å². The van der Waals surface area contributed by atoms with Gasteiger partial charge in [0.15, 0.2) is 5.82 Å². The van der Waals surface area contributed by atoms with Gasteiger partial charge in [0.2, 0.25) is 0 Å². The summed E-state index contributed by atoms with van der Waals surface area (Å²) in [6.45, 7) is 3.36. The number of rotatable bonds is 4. The van der Waals surface area contributed by atoms with Crippen LogP contribution in [0.25, 0.3) is 0 Å². The van der Waals surface area contributed by atoms with Gasteiger partial charge in [-0.2, -0.15) is 0 Å². The number of nitrogens with one attached hydrogen (secondary N) is 2. The standard InChI is InChI=1S/C13H22N4/c1-17(2)13-12(4-3-7-15-13)16-10-11-5-8-14-9-6-11/h3-4,7,11,14,16H,5-6,8-10H2,1-2H3. The maximum Gasteiger partial charge on any atom is 0.151 e. The first-order chi connectivity index (χ1) is 8.27. The normalized spacial score (nSPS) is 16.8. The lowest BCUT2D eigenvalue weighted by atomic mass is 9.98. The number of piperidine rings is 1. The summed E-state index contributed by atoms with van der Waals surface area (Å²) in [6, 6.07) is 4.08. The van der Waals surface area contributed by atoms with Gasteiger partial charge >= 0.3 is 0 Å². The lowest BCUT2D eigenvalue weighted by Crippen LogP contribution is -2.31. The topological polar surface area (TPSA) is 40.2 Å². The molecule has 0 spiro atoms. The highest BCUT2D eigenvalue weighted by atomic mass is 15.2. The van der Waals surface area contributed by atoms with Crippen LogP contribution >= 0.6 is 0 Å². The van der Waals surface area contributed by atoms with Crippen molar-refractivity contribution in [2.75, 3.05) is 43.9 Å². The van der Waals surface area contributed by atoms with Crippen LogP contribution in [0.5, 0.6) is 0 Å². The largest absolute Gasteiger partial charge is 0.382 e. The number of hydrogen-bond acceptors (Lipinski definition) is 4. The number of nitrogens with zero attached hydrogens (tertiary/aromatic N) is 2. The lowest BCUT2D eigenvalue weighted by molar-refractivity contribution is 0.390. The highest BCUT2D eigenvalue weighted by Gasteiger charge is 2.13. The fourth-order valence-corrected chi connectivity index (χ4v) is 2.23. The minimum Gasteiger partial charge on any atom is -0.382 e. The Morgan fingerprint density at radius 3 is 2.88 bits per heavy atom. The molecule has 1 fully saturated rings. The van der Waals surface area contributed by atoms with Crippen LogP contribution < -0.4 is 15.5 Å². The van der Waals surface area contributed by atoms with Crippen LogP contribution in [0.15, 0.2) is 18.3 Å². The fraction of sp³-hybridized carbons (Fsp3) is 0.615. The molecule has 1 aromatic heterocycles. The van der Waals surface area contributed by atoms with Crippen molar-refractivity contribution < 1.29 is 0 Å². The molecule has 1 aromatic rings. The second-order valence-corrected chi connectivity index (χ2v) is 4.84. The summed E-state index contributed by atoms with van der Waals surface area (Å²) in [4.78, 5) is 6.44. The average molecular weight is 234 g/mol. The zero-order valence-electron chi connectivity index (χ0n) is 10.7. The van der Waals surface area contributed by atoms with E-state index in [0.29, 0.717) is 0 Å². The van der Waals surface area contributed by atoms with E-state index in [1.165, 1.54) is 12.8 Å². The van der Waals surface area contributed by atoms with Crippen molar-refractivity contribution in [1.29, 1.82) is 0 Å². The molecule has 4 nitrogen and oxygen atoms in total. The van der Waals surface area contributed by atoms with Crippen LogP contribution in [0, 0.1) is 5.92 Å². The van der Waals surface area contributed by atoms with Gasteiger partial charge in [-0.3, -0.25) is 0 Å². The van der Waals surface area contributed by atoms with Crippen molar-refractivity contribution >= 4 is 11.5 Å². The van der Waals surface area contributed by atoms with Crippen LogP contribution in [0.1, 0.15) is 12.8 Å². The van der Waals surface area contributed by atoms with E-state index in [1.54, 1.807) is 0 Å². The predicted molar refractivity (Wildman–Crippen MR) is 72.6 cm³/mol. The summed E-state index contributed by atoms with van der Waals surface area (Å²) in [5.74, 6) is 1.80. The molecule has 17 heavy (non-hydrogen) atoms. The summed E-state index contributed by atoms with van der Waals surface area (Å²) in [7, 11) is 4.05. The third-order valence-corrected chi connectivity index (χ3v) is 3.25. The molecule has 2 heterocycles. The van der Waals surface area contributed by atoms with Crippen molar-refractivity contribution in [3.8, 4) is 0 Å². The van der Waals surface area contributed by atoms with Gasteiger partial charge in [0.25, 0.3) is 0 Å². The highest BCUT2D eigenvalue weighted by molar-refractivity contribution is 5.64. The van der Waals surface area contributed by atoms with Gasteiger partial charge in [-0.25, -0.2) is 4.98 Å². The molecule has 0 unspecified atom stereocenters. The monoisotopic (exact) mass is 234 g/mol. The van der Waals surface area contributed by atoms with Crippen molar-refractivity contribution in [2.45, 2.75) is 12.8 Å². The molecular weight excluding hydrogens is 212 g/mol. The Morgan fingerprint density at radius 2 is 2.18 bits per heavy atom. The summed E-state index contributed by atoms with van der Waals surface area (Å²) in [5.41, 5.74) is 1.14. The first kappa shape index (κ1) is 12.2. The third-order valence-electron chi connectivity index (χ3n) is 3.25. The Labute approximate surface area is 103 Å². The Morgan fingerprint density at radius 1 is 1.41 bits per heavy atom. The number of anilines is 2. The average Bonchev–Trinajstić information content (AvgIpc) is 2.38. The number of pyridine rings is 1. The molecule has 1 aliphatic rings. The summed E-state index contributed by atoms with van der Waals surface area (Å²) in [6.07, 6.45) is 4.38. The molecule has 0 amide bonds. The van der Waals surface area contributed by atoms with Gasteiger partial charge in [0.1, 0.15) is 0 Å². The molecule has 2 N–H and O–H groups in total. The Bertz CT molecular complexity index is 345. The van der Waals surface area contributed by atoms with Gasteiger partial charge in [-0.15, -0.1) is 0 Å². The van der Waals surface area contributed by atoms with Crippen LogP contribution in [0.4, 0.5) is 11.5 Å². The van der Waals surface area contributed by atoms with E-state index < -0.39 is 0 Å². The van der Waals surface area contributed by atoms with Gasteiger partial charge in [-0.1, -0.05) is 0 Å². The van der Waals surface area contributed by atoms with E-state index in [-0.39, 0.29) is 0 Å². The molecule has 0 aromatic carbocycles. The third kappa shape index (κ3) is 3.33. The number of aromatic nitrogens is 1. The van der Waals surface area contributed by atoms with Gasteiger partial charge in [0, 0.05) is 26.8 Å². The van der Waals surface area contributed by atoms with Crippen molar-refractivity contribution in [1.82, 2.24) is 10.3 Å². The van der Waals surface area contributed by atoms with E-state index in [2.05, 4.69) is 21.7 Å². The first-order valence-electron chi connectivity index (χ1n) is 6.34. The Kier molecular flexibility index (Phi) is 4.20. The first-order valence-corrected chi connectivity index (χ1v) is 6.34. The molecule has 1 saturated heterocycles. The molecule has 0 saturated carbocycles.